The van der Waals surface area contributed by atoms with Crippen molar-refractivity contribution in [2.24, 2.45) is 0 Å². The van der Waals surface area contributed by atoms with Crippen LogP contribution in [0.2, 0.25) is 0 Å². The summed E-state index contributed by atoms with van der Waals surface area (Å²) in [4.78, 5) is 4.72. The maximum absolute atomic E-state index is 2.47. The second kappa shape index (κ2) is 14.0. The van der Waals surface area contributed by atoms with Crippen LogP contribution in [0.15, 0.2) is 194 Å². The van der Waals surface area contributed by atoms with E-state index in [1.54, 1.807) is 0 Å². The highest BCUT2D eigenvalue weighted by molar-refractivity contribution is 5.95. The minimum atomic E-state index is -0.185. The summed E-state index contributed by atoms with van der Waals surface area (Å²) in [5.74, 6) is 0. The molecule has 1 aliphatic rings. The predicted octanol–water partition coefficient (Wildman–Crippen LogP) is 14.9. The fourth-order valence-corrected chi connectivity index (χ4v) is 8.60. The summed E-state index contributed by atoms with van der Waals surface area (Å²) in [7, 11) is 0. The van der Waals surface area contributed by atoms with Crippen LogP contribution >= 0.6 is 0 Å². The Hall–Kier alpha value is -6.64. The normalized spacial score (nSPS) is 12.5. The van der Waals surface area contributed by atoms with Crippen molar-refractivity contribution in [3.63, 3.8) is 0 Å². The number of nitrogens with zero attached hydrogens (tertiary/aromatic N) is 2. The Balaban J connectivity index is 1.28. The first-order valence-corrected chi connectivity index (χ1v) is 19.2. The quantitative estimate of drug-likeness (QED) is 0.155. The van der Waals surface area contributed by atoms with Crippen LogP contribution in [-0.2, 0) is 5.41 Å². The van der Waals surface area contributed by atoms with E-state index < -0.39 is 0 Å². The van der Waals surface area contributed by atoms with Gasteiger partial charge in [0, 0.05) is 39.5 Å². The van der Waals surface area contributed by atoms with Gasteiger partial charge in [-0.15, -0.1) is 0 Å². The van der Waals surface area contributed by atoms with Crippen molar-refractivity contribution in [2.45, 2.75) is 33.1 Å². The molecule has 2 nitrogen and oxygen atoms in total. The summed E-state index contributed by atoms with van der Waals surface area (Å²) in [6, 6.07) is 70.5. The van der Waals surface area contributed by atoms with Crippen molar-refractivity contribution in [2.75, 3.05) is 9.80 Å². The first kappa shape index (κ1) is 34.1. The first-order valence-electron chi connectivity index (χ1n) is 19.2. The third kappa shape index (κ3) is 6.10. The van der Waals surface area contributed by atoms with E-state index in [-0.39, 0.29) is 5.41 Å². The average molecular weight is 709 g/mol. The number of hydrogen-bond donors (Lipinski definition) is 0. The van der Waals surface area contributed by atoms with Gasteiger partial charge in [-0.1, -0.05) is 123 Å². The first-order chi connectivity index (χ1) is 26.9. The van der Waals surface area contributed by atoms with Crippen molar-refractivity contribution in [3.05, 3.63) is 216 Å². The Labute approximate surface area is 325 Å². The zero-order chi connectivity index (χ0) is 37.5. The maximum Gasteiger partial charge on any atom is 0.0467 e. The molecule has 2 heteroatoms. The zero-order valence-corrected chi connectivity index (χ0v) is 31.9. The number of rotatable bonds is 8. The van der Waals surface area contributed by atoms with Crippen LogP contribution in [0.5, 0.6) is 0 Å². The summed E-state index contributed by atoms with van der Waals surface area (Å²) < 4.78 is 0. The maximum atomic E-state index is 2.47. The van der Waals surface area contributed by atoms with Gasteiger partial charge in [-0.05, 0) is 154 Å². The lowest BCUT2D eigenvalue weighted by molar-refractivity contribution is 0.662. The molecule has 9 rings (SSSR count). The van der Waals surface area contributed by atoms with E-state index in [0.717, 1.165) is 34.1 Å². The van der Waals surface area contributed by atoms with Gasteiger partial charge in [-0.3, -0.25) is 0 Å². The molecule has 0 fully saturated rings. The van der Waals surface area contributed by atoms with Crippen LogP contribution in [0.1, 0.15) is 36.1 Å². The molecule has 0 spiro atoms. The lowest BCUT2D eigenvalue weighted by atomic mass is 9.77. The van der Waals surface area contributed by atoms with Crippen LogP contribution in [0.25, 0.3) is 33.4 Å². The standard InChI is InChI=1S/C53H44N2/c1-37-29-31-44(54(40-19-9-5-10-20-40)41-21-11-6-12-22-41)35-47(37)39-33-49-46-27-17-18-28-51(46)53(3,4)52(49)50(34-39)48-36-45(32-30-38(48)2)55(42-23-13-7-14-24-42)43-25-15-8-16-26-43/h5-36H,1-4H3. The second-order valence-electron chi connectivity index (χ2n) is 15.1. The van der Waals surface area contributed by atoms with Crippen molar-refractivity contribution in [1.29, 1.82) is 0 Å². The van der Waals surface area contributed by atoms with Gasteiger partial charge in [0.15, 0.2) is 0 Å². The predicted molar refractivity (Wildman–Crippen MR) is 234 cm³/mol. The van der Waals surface area contributed by atoms with Crippen LogP contribution < -0.4 is 9.80 Å². The minimum Gasteiger partial charge on any atom is -0.310 e. The van der Waals surface area contributed by atoms with Crippen LogP contribution in [0.4, 0.5) is 34.1 Å². The Kier molecular flexibility index (Phi) is 8.67. The molecule has 1 aliphatic carbocycles. The van der Waals surface area contributed by atoms with E-state index in [1.165, 1.54) is 55.6 Å². The summed E-state index contributed by atoms with van der Waals surface area (Å²) in [5.41, 5.74) is 19.4. The van der Waals surface area contributed by atoms with Crippen molar-refractivity contribution in [1.82, 2.24) is 0 Å². The van der Waals surface area contributed by atoms with E-state index in [1.807, 2.05) is 0 Å². The molecule has 8 aromatic carbocycles. The van der Waals surface area contributed by atoms with Gasteiger partial charge in [-0.25, -0.2) is 0 Å². The molecule has 266 valence electrons. The topological polar surface area (TPSA) is 6.48 Å². The number of anilines is 6. The molecule has 55 heavy (non-hydrogen) atoms. The lowest BCUT2D eigenvalue weighted by Gasteiger charge is -2.29. The molecule has 0 amide bonds. The minimum absolute atomic E-state index is 0.185. The van der Waals surface area contributed by atoms with Crippen molar-refractivity contribution >= 4 is 34.1 Å². The number of fused-ring (bicyclic) bond motifs is 3. The molecule has 0 bridgehead atoms. The van der Waals surface area contributed by atoms with Gasteiger partial charge >= 0.3 is 0 Å². The molecule has 8 aromatic rings. The van der Waals surface area contributed by atoms with Gasteiger partial charge in [0.1, 0.15) is 0 Å². The van der Waals surface area contributed by atoms with Gasteiger partial charge in [-0.2, -0.15) is 0 Å². The fourth-order valence-electron chi connectivity index (χ4n) is 8.60. The number of aryl methyl sites for hydroxylation is 2. The Morgan fingerprint density at radius 1 is 0.327 bits per heavy atom. The molecule has 0 radical (unpaired) electrons. The van der Waals surface area contributed by atoms with E-state index in [4.69, 9.17) is 0 Å². The summed E-state index contributed by atoms with van der Waals surface area (Å²) in [6.45, 7) is 9.28. The smallest absolute Gasteiger partial charge is 0.0467 e. The molecule has 0 aliphatic heterocycles. The molecule has 0 atom stereocenters. The highest BCUT2D eigenvalue weighted by Gasteiger charge is 2.38. The van der Waals surface area contributed by atoms with E-state index in [2.05, 4.69) is 232 Å². The fraction of sp³-hybridized carbons (Fsp3) is 0.0943. The highest BCUT2D eigenvalue weighted by atomic mass is 15.1. The molecule has 0 unspecified atom stereocenters. The number of benzene rings is 8. The number of hydrogen-bond acceptors (Lipinski definition) is 2. The summed E-state index contributed by atoms with van der Waals surface area (Å²) in [5, 5.41) is 0. The van der Waals surface area contributed by atoms with E-state index in [0.29, 0.717) is 0 Å². The van der Waals surface area contributed by atoms with E-state index >= 15 is 0 Å². The number of para-hydroxylation sites is 4. The van der Waals surface area contributed by atoms with Crippen LogP contribution in [0.3, 0.4) is 0 Å². The molecule has 0 saturated carbocycles. The Morgan fingerprint density at radius 3 is 1.18 bits per heavy atom. The van der Waals surface area contributed by atoms with Crippen LogP contribution in [0, 0.1) is 13.8 Å². The molecule has 0 aromatic heterocycles. The second-order valence-corrected chi connectivity index (χ2v) is 15.1. The highest BCUT2D eigenvalue weighted by Crippen LogP contribution is 2.54. The SMILES string of the molecule is Cc1ccc(N(c2ccccc2)c2ccccc2)cc1-c1cc(-c2cc(N(c3ccccc3)c3ccccc3)ccc2C)c2c(c1)-c1ccccc1C2(C)C. The molecule has 0 heterocycles. The third-order valence-corrected chi connectivity index (χ3v) is 11.3. The Bertz CT molecular complexity index is 2550. The molecular formula is C53H44N2. The zero-order valence-electron chi connectivity index (χ0n) is 31.9. The van der Waals surface area contributed by atoms with Gasteiger partial charge in [0.05, 0.1) is 0 Å². The van der Waals surface area contributed by atoms with Gasteiger partial charge < -0.3 is 9.80 Å². The summed E-state index contributed by atoms with van der Waals surface area (Å²) in [6.07, 6.45) is 0. The average Bonchev–Trinajstić information content (AvgIpc) is 3.46. The van der Waals surface area contributed by atoms with Gasteiger partial charge in [0.2, 0.25) is 0 Å². The van der Waals surface area contributed by atoms with Crippen molar-refractivity contribution in [3.8, 4) is 33.4 Å². The monoisotopic (exact) mass is 708 g/mol. The Morgan fingerprint density at radius 2 is 0.709 bits per heavy atom. The third-order valence-electron chi connectivity index (χ3n) is 11.3. The van der Waals surface area contributed by atoms with Gasteiger partial charge in [0.25, 0.3) is 0 Å². The van der Waals surface area contributed by atoms with E-state index in [9.17, 15) is 0 Å². The lowest BCUT2D eigenvalue weighted by Crippen LogP contribution is -2.16. The van der Waals surface area contributed by atoms with Crippen LogP contribution in [-0.4, -0.2) is 0 Å². The summed E-state index contributed by atoms with van der Waals surface area (Å²) >= 11 is 0. The molecule has 0 saturated heterocycles. The largest absolute Gasteiger partial charge is 0.310 e. The molecule has 0 N–H and O–H groups in total. The van der Waals surface area contributed by atoms with Crippen molar-refractivity contribution < 1.29 is 0 Å². The molecular weight excluding hydrogens is 665 g/mol.